The summed E-state index contributed by atoms with van der Waals surface area (Å²) >= 11 is 5.94. The minimum Gasteiger partial charge on any atom is -0.347 e. The Morgan fingerprint density at radius 1 is 1.42 bits per heavy atom. The molecular formula is C13H17ClN4O. The molecule has 0 aliphatic carbocycles. The molecule has 0 radical (unpaired) electrons. The third kappa shape index (κ3) is 2.42. The average Bonchev–Trinajstić information content (AvgIpc) is 2.74. The van der Waals surface area contributed by atoms with Crippen molar-refractivity contribution in [3.8, 4) is 0 Å². The van der Waals surface area contributed by atoms with Crippen molar-refractivity contribution < 1.29 is 4.79 Å². The van der Waals surface area contributed by atoms with Gasteiger partial charge in [0, 0.05) is 19.8 Å². The van der Waals surface area contributed by atoms with Crippen LogP contribution in [0.1, 0.15) is 24.5 Å². The standard InChI is InChI=1S/C13H17ClN4O/c1-8-5-6-10-12(15-8)18(11(7-14)16-10)9(2)13(19)17(3)4/h5-6,9H,7H2,1-4H3. The zero-order chi connectivity index (χ0) is 14.2. The fourth-order valence-electron chi connectivity index (χ4n) is 2.10. The van der Waals surface area contributed by atoms with Crippen LogP contribution in [0.3, 0.4) is 0 Å². The highest BCUT2D eigenvalue weighted by Crippen LogP contribution is 2.22. The molecular weight excluding hydrogens is 264 g/mol. The van der Waals surface area contributed by atoms with Crippen LogP contribution in [0.2, 0.25) is 0 Å². The number of halogens is 1. The Balaban J connectivity index is 2.62. The normalized spacial score (nSPS) is 12.7. The van der Waals surface area contributed by atoms with Crippen LogP contribution in [0.25, 0.3) is 11.2 Å². The van der Waals surface area contributed by atoms with Crippen LogP contribution in [0.4, 0.5) is 0 Å². The van der Waals surface area contributed by atoms with E-state index in [0.717, 1.165) is 11.2 Å². The zero-order valence-electron chi connectivity index (χ0n) is 11.5. The summed E-state index contributed by atoms with van der Waals surface area (Å²) in [6, 6.07) is 3.43. The number of rotatable bonds is 3. The summed E-state index contributed by atoms with van der Waals surface area (Å²) in [6.45, 7) is 3.75. The van der Waals surface area contributed by atoms with Crippen molar-refractivity contribution >= 4 is 28.7 Å². The van der Waals surface area contributed by atoms with Gasteiger partial charge in [-0.1, -0.05) is 0 Å². The fraction of sp³-hybridized carbons (Fsp3) is 0.462. The highest BCUT2D eigenvalue weighted by molar-refractivity contribution is 6.16. The number of fused-ring (bicyclic) bond motifs is 1. The van der Waals surface area contributed by atoms with Gasteiger partial charge in [-0.05, 0) is 26.0 Å². The smallest absolute Gasteiger partial charge is 0.244 e. The van der Waals surface area contributed by atoms with Crippen molar-refractivity contribution in [2.45, 2.75) is 25.8 Å². The van der Waals surface area contributed by atoms with Gasteiger partial charge in [0.25, 0.3) is 0 Å². The van der Waals surface area contributed by atoms with E-state index >= 15 is 0 Å². The van der Waals surface area contributed by atoms with Gasteiger partial charge >= 0.3 is 0 Å². The lowest BCUT2D eigenvalue weighted by molar-refractivity contribution is -0.131. The number of imidazole rings is 1. The predicted molar refractivity (Wildman–Crippen MR) is 75.2 cm³/mol. The van der Waals surface area contributed by atoms with Crippen molar-refractivity contribution in [3.63, 3.8) is 0 Å². The van der Waals surface area contributed by atoms with E-state index in [-0.39, 0.29) is 17.8 Å². The van der Waals surface area contributed by atoms with Gasteiger partial charge in [-0.3, -0.25) is 9.36 Å². The average molecular weight is 281 g/mol. The molecule has 0 fully saturated rings. The van der Waals surface area contributed by atoms with E-state index < -0.39 is 0 Å². The highest BCUT2D eigenvalue weighted by atomic mass is 35.5. The monoisotopic (exact) mass is 280 g/mol. The Labute approximate surface area is 117 Å². The molecule has 0 N–H and O–H groups in total. The largest absolute Gasteiger partial charge is 0.347 e. The van der Waals surface area contributed by atoms with Crippen LogP contribution in [-0.4, -0.2) is 39.4 Å². The summed E-state index contributed by atoms with van der Waals surface area (Å²) in [4.78, 5) is 22.6. The molecule has 0 bridgehead atoms. The predicted octanol–water partition coefficient (Wildman–Crippen LogP) is 2.13. The van der Waals surface area contributed by atoms with E-state index in [2.05, 4.69) is 9.97 Å². The number of alkyl halides is 1. The third-order valence-electron chi connectivity index (χ3n) is 3.05. The SMILES string of the molecule is Cc1ccc2nc(CCl)n(C(C)C(=O)N(C)C)c2n1. The van der Waals surface area contributed by atoms with E-state index in [1.54, 1.807) is 19.0 Å². The third-order valence-corrected chi connectivity index (χ3v) is 3.29. The summed E-state index contributed by atoms with van der Waals surface area (Å²) < 4.78 is 1.82. The first kappa shape index (κ1) is 13.8. The highest BCUT2D eigenvalue weighted by Gasteiger charge is 2.23. The topological polar surface area (TPSA) is 51.0 Å². The molecule has 2 rings (SSSR count). The number of carbonyl (C=O) groups excluding carboxylic acids is 1. The van der Waals surface area contributed by atoms with Crippen molar-refractivity contribution in [1.82, 2.24) is 19.4 Å². The van der Waals surface area contributed by atoms with Gasteiger partial charge in [-0.15, -0.1) is 11.6 Å². The first-order chi connectivity index (χ1) is 8.95. The van der Waals surface area contributed by atoms with Crippen LogP contribution >= 0.6 is 11.6 Å². The number of pyridine rings is 1. The van der Waals surface area contributed by atoms with Gasteiger partial charge in [0.15, 0.2) is 5.65 Å². The lowest BCUT2D eigenvalue weighted by Gasteiger charge is -2.19. The Morgan fingerprint density at radius 3 is 2.68 bits per heavy atom. The van der Waals surface area contributed by atoms with Crippen LogP contribution in [0.15, 0.2) is 12.1 Å². The first-order valence-corrected chi connectivity index (χ1v) is 6.60. The number of amides is 1. The molecule has 2 aromatic rings. The number of aromatic nitrogens is 3. The molecule has 1 unspecified atom stereocenters. The van der Waals surface area contributed by atoms with Gasteiger partial charge in [-0.25, -0.2) is 9.97 Å². The van der Waals surface area contributed by atoms with E-state index in [1.165, 1.54) is 0 Å². The summed E-state index contributed by atoms with van der Waals surface area (Å²) in [5, 5.41) is 0. The molecule has 102 valence electrons. The molecule has 0 saturated heterocycles. The summed E-state index contributed by atoms with van der Waals surface area (Å²) in [5.41, 5.74) is 2.36. The minimum atomic E-state index is -0.372. The van der Waals surface area contributed by atoms with E-state index in [0.29, 0.717) is 11.5 Å². The number of aryl methyl sites for hydroxylation is 1. The van der Waals surface area contributed by atoms with Gasteiger partial charge < -0.3 is 4.90 Å². The molecule has 6 heteroatoms. The molecule has 0 saturated carbocycles. The second kappa shape index (κ2) is 5.17. The second-order valence-corrected chi connectivity index (χ2v) is 5.00. The quantitative estimate of drug-likeness (QED) is 0.810. The zero-order valence-corrected chi connectivity index (χ0v) is 12.3. The first-order valence-electron chi connectivity index (χ1n) is 6.07. The molecule has 19 heavy (non-hydrogen) atoms. The number of nitrogens with zero attached hydrogens (tertiary/aromatic N) is 4. The summed E-state index contributed by atoms with van der Waals surface area (Å²) in [7, 11) is 3.47. The fourth-order valence-corrected chi connectivity index (χ4v) is 2.29. The molecule has 0 aliphatic heterocycles. The number of hydrogen-bond donors (Lipinski definition) is 0. The maximum absolute atomic E-state index is 12.1. The van der Waals surface area contributed by atoms with Gasteiger partial charge in [0.05, 0.1) is 5.88 Å². The molecule has 0 aromatic carbocycles. The maximum Gasteiger partial charge on any atom is 0.244 e. The Bertz CT molecular complexity index is 620. The van der Waals surface area contributed by atoms with Crippen LogP contribution in [0, 0.1) is 6.92 Å². The van der Waals surface area contributed by atoms with Crippen molar-refractivity contribution in [2.75, 3.05) is 14.1 Å². The van der Waals surface area contributed by atoms with Crippen LogP contribution in [-0.2, 0) is 10.7 Å². The number of carbonyl (C=O) groups is 1. The Morgan fingerprint density at radius 2 is 2.11 bits per heavy atom. The van der Waals surface area contributed by atoms with E-state index in [9.17, 15) is 4.79 Å². The van der Waals surface area contributed by atoms with E-state index in [1.807, 2.05) is 30.5 Å². The maximum atomic E-state index is 12.1. The number of likely N-dealkylation sites (N-methyl/N-ethyl adjacent to an activating group) is 1. The lowest BCUT2D eigenvalue weighted by atomic mass is 10.3. The van der Waals surface area contributed by atoms with Gasteiger partial charge in [-0.2, -0.15) is 0 Å². The second-order valence-electron chi connectivity index (χ2n) is 4.74. The molecule has 1 atom stereocenters. The van der Waals surface area contributed by atoms with Gasteiger partial charge in [0.2, 0.25) is 5.91 Å². The molecule has 0 aliphatic rings. The van der Waals surface area contributed by atoms with Crippen molar-refractivity contribution in [2.24, 2.45) is 0 Å². The molecule has 2 heterocycles. The molecule has 5 nitrogen and oxygen atoms in total. The summed E-state index contributed by atoms with van der Waals surface area (Å²) in [6.07, 6.45) is 0. The van der Waals surface area contributed by atoms with Crippen molar-refractivity contribution in [1.29, 1.82) is 0 Å². The van der Waals surface area contributed by atoms with Crippen LogP contribution in [0.5, 0.6) is 0 Å². The van der Waals surface area contributed by atoms with Crippen molar-refractivity contribution in [3.05, 3.63) is 23.7 Å². The van der Waals surface area contributed by atoms with Crippen LogP contribution < -0.4 is 0 Å². The van der Waals surface area contributed by atoms with Gasteiger partial charge in [0.1, 0.15) is 17.4 Å². The summed E-state index contributed by atoms with van der Waals surface area (Å²) in [5.74, 6) is 0.909. The Kier molecular flexibility index (Phi) is 3.75. The molecule has 2 aromatic heterocycles. The Hall–Kier alpha value is -1.62. The molecule has 1 amide bonds. The van der Waals surface area contributed by atoms with E-state index in [4.69, 9.17) is 11.6 Å². The number of hydrogen-bond acceptors (Lipinski definition) is 3. The minimum absolute atomic E-state index is 0.00558. The molecule has 0 spiro atoms. The lowest BCUT2D eigenvalue weighted by Crippen LogP contribution is -2.30.